The molecule has 2 N–H and O–H groups in total. The summed E-state index contributed by atoms with van der Waals surface area (Å²) in [6.07, 6.45) is 9.41. The number of aliphatic imine (C=N–C) groups is 1. The Kier molecular flexibility index (Phi) is 7.11. The summed E-state index contributed by atoms with van der Waals surface area (Å²) in [7, 11) is 0. The minimum Gasteiger partial charge on any atom is -0.400 e. The molecule has 0 aromatic rings. The van der Waals surface area contributed by atoms with Crippen molar-refractivity contribution in [2.75, 3.05) is 0 Å². The van der Waals surface area contributed by atoms with Crippen LogP contribution in [0.1, 0.15) is 20.8 Å². The average molecular weight is 257 g/mol. The summed E-state index contributed by atoms with van der Waals surface area (Å²) in [4.78, 5) is 4.28. The van der Waals surface area contributed by atoms with Crippen LogP contribution in [0.15, 0.2) is 39.5 Å². The zero-order valence-electron chi connectivity index (χ0n) is 8.87. The second-order valence-corrected chi connectivity index (χ2v) is 3.74. The van der Waals surface area contributed by atoms with Crippen LogP contribution in [0.25, 0.3) is 0 Å². The molecule has 0 radical (unpaired) electrons. The van der Waals surface area contributed by atoms with Crippen molar-refractivity contribution >= 4 is 22.1 Å². The Hall–Kier alpha value is -0.830. The minimum absolute atomic E-state index is 0.0127. The van der Waals surface area contributed by atoms with Crippen molar-refractivity contribution in [1.29, 1.82) is 0 Å². The van der Waals surface area contributed by atoms with Gasteiger partial charge in [0.2, 0.25) is 0 Å². The van der Waals surface area contributed by atoms with E-state index in [1.54, 1.807) is 6.21 Å². The fourth-order valence-corrected chi connectivity index (χ4v) is 0.808. The van der Waals surface area contributed by atoms with Crippen LogP contribution in [0.3, 0.4) is 0 Å². The highest BCUT2D eigenvalue weighted by molar-refractivity contribution is 9.12. The van der Waals surface area contributed by atoms with Crippen LogP contribution < -0.4 is 5.73 Å². The smallest absolute Gasteiger partial charge is 0.0864 e. The van der Waals surface area contributed by atoms with E-state index in [9.17, 15) is 0 Å². The van der Waals surface area contributed by atoms with Crippen LogP contribution in [-0.2, 0) is 0 Å². The van der Waals surface area contributed by atoms with Gasteiger partial charge in [-0.3, -0.25) is 4.99 Å². The lowest BCUT2D eigenvalue weighted by Crippen LogP contribution is -2.11. The van der Waals surface area contributed by atoms with E-state index < -0.39 is 0 Å². The van der Waals surface area contributed by atoms with Gasteiger partial charge in [-0.15, -0.1) is 0 Å². The summed E-state index contributed by atoms with van der Waals surface area (Å²) in [6.45, 7) is 5.86. The van der Waals surface area contributed by atoms with Gasteiger partial charge in [-0.2, -0.15) is 0 Å². The lowest BCUT2D eigenvalue weighted by Gasteiger charge is -2.04. The molecule has 0 fully saturated rings. The first-order valence-electron chi connectivity index (χ1n) is 4.55. The molecule has 1 unspecified atom stereocenters. The molecular formula is C11H17BrN2. The maximum absolute atomic E-state index is 5.79. The first-order chi connectivity index (χ1) is 6.61. The van der Waals surface area contributed by atoms with Gasteiger partial charge in [0.25, 0.3) is 0 Å². The van der Waals surface area contributed by atoms with E-state index in [1.807, 2.05) is 45.1 Å². The van der Waals surface area contributed by atoms with Crippen LogP contribution >= 0.6 is 15.9 Å². The van der Waals surface area contributed by atoms with Crippen LogP contribution in [0.2, 0.25) is 0 Å². The number of nitrogens with two attached hydrogens (primary N) is 1. The van der Waals surface area contributed by atoms with Crippen LogP contribution in [0.5, 0.6) is 0 Å². The Morgan fingerprint density at radius 3 is 2.57 bits per heavy atom. The number of allylic oxidation sites excluding steroid dienone is 5. The third-order valence-electron chi connectivity index (χ3n) is 1.66. The number of halogens is 1. The molecule has 0 saturated heterocycles. The molecule has 1 atom stereocenters. The van der Waals surface area contributed by atoms with Crippen LogP contribution in [0, 0.1) is 0 Å². The summed E-state index contributed by atoms with van der Waals surface area (Å²) in [5.74, 6) is 0. The fourth-order valence-electron chi connectivity index (χ4n) is 0.690. The Morgan fingerprint density at radius 2 is 2.07 bits per heavy atom. The molecule has 0 aliphatic rings. The summed E-state index contributed by atoms with van der Waals surface area (Å²) in [5.41, 5.74) is 6.55. The van der Waals surface area contributed by atoms with Gasteiger partial charge in [-0.25, -0.2) is 0 Å². The number of hydrogen-bond acceptors (Lipinski definition) is 2. The predicted molar refractivity (Wildman–Crippen MR) is 67.7 cm³/mol. The standard InChI is InChI=1S/C11H17BrN2/c1-4-6-7-11(13)9(3)14-8-10(12)5-2/h4-9H,13H2,1-3H3/b6-4-,10-5+,11-7+,14-8?. The van der Waals surface area contributed by atoms with Crippen LogP contribution in [-0.4, -0.2) is 12.3 Å². The van der Waals surface area contributed by atoms with Gasteiger partial charge in [0.15, 0.2) is 0 Å². The van der Waals surface area contributed by atoms with Gasteiger partial charge < -0.3 is 5.73 Å². The minimum atomic E-state index is 0.0127. The summed E-state index contributed by atoms with van der Waals surface area (Å²) >= 11 is 3.34. The molecule has 14 heavy (non-hydrogen) atoms. The van der Waals surface area contributed by atoms with Gasteiger partial charge in [0.1, 0.15) is 0 Å². The quantitative estimate of drug-likeness (QED) is 0.609. The van der Waals surface area contributed by atoms with Gasteiger partial charge >= 0.3 is 0 Å². The molecule has 0 aromatic heterocycles. The highest BCUT2D eigenvalue weighted by atomic mass is 79.9. The molecule has 2 nitrogen and oxygen atoms in total. The second-order valence-electron chi connectivity index (χ2n) is 2.82. The second kappa shape index (κ2) is 7.56. The highest BCUT2D eigenvalue weighted by Gasteiger charge is 1.99. The first-order valence-corrected chi connectivity index (χ1v) is 5.34. The molecule has 0 aliphatic carbocycles. The maximum Gasteiger partial charge on any atom is 0.0864 e. The topological polar surface area (TPSA) is 38.4 Å². The largest absolute Gasteiger partial charge is 0.400 e. The summed E-state index contributed by atoms with van der Waals surface area (Å²) < 4.78 is 0.961. The first kappa shape index (κ1) is 13.2. The molecule has 0 heterocycles. The molecule has 0 saturated carbocycles. The number of nitrogens with zero attached hydrogens (tertiary/aromatic N) is 1. The highest BCUT2D eigenvalue weighted by Crippen LogP contribution is 2.04. The Bertz CT molecular complexity index is 275. The molecule has 0 rings (SSSR count). The third-order valence-corrected chi connectivity index (χ3v) is 2.32. The normalized spacial score (nSPS) is 16.9. The van der Waals surface area contributed by atoms with Crippen molar-refractivity contribution in [2.45, 2.75) is 26.8 Å². The molecule has 0 aliphatic heterocycles. The number of rotatable bonds is 4. The average Bonchev–Trinajstić information content (AvgIpc) is 2.21. The van der Waals surface area contributed by atoms with E-state index in [-0.39, 0.29) is 6.04 Å². The van der Waals surface area contributed by atoms with Crippen LogP contribution in [0.4, 0.5) is 0 Å². The summed E-state index contributed by atoms with van der Waals surface area (Å²) in [6, 6.07) is 0.0127. The molecule has 78 valence electrons. The lowest BCUT2D eigenvalue weighted by atomic mass is 10.2. The SMILES string of the molecule is C/C=C\C=C(\N)C(C)N=C/C(Br)=C\C. The van der Waals surface area contributed by atoms with Crippen molar-refractivity contribution in [1.82, 2.24) is 0 Å². The predicted octanol–water partition coefficient (Wildman–Crippen LogP) is 3.16. The molecule has 3 heteroatoms. The zero-order chi connectivity index (χ0) is 11.0. The Balaban J connectivity index is 4.34. The van der Waals surface area contributed by atoms with E-state index in [4.69, 9.17) is 5.73 Å². The molecule has 0 bridgehead atoms. The molecule has 0 amide bonds. The van der Waals surface area contributed by atoms with Gasteiger partial charge in [0, 0.05) is 16.4 Å². The summed E-state index contributed by atoms with van der Waals surface area (Å²) in [5, 5.41) is 0. The fraction of sp³-hybridized carbons (Fsp3) is 0.364. The third kappa shape index (κ3) is 5.75. The lowest BCUT2D eigenvalue weighted by molar-refractivity contribution is 0.854. The van der Waals surface area contributed by atoms with E-state index in [2.05, 4.69) is 20.9 Å². The molecular weight excluding hydrogens is 240 g/mol. The van der Waals surface area contributed by atoms with Gasteiger partial charge in [-0.05, 0) is 42.8 Å². The van der Waals surface area contributed by atoms with Crippen molar-refractivity contribution < 1.29 is 0 Å². The Labute approximate surface area is 94.4 Å². The van der Waals surface area contributed by atoms with E-state index in [0.29, 0.717) is 0 Å². The van der Waals surface area contributed by atoms with Crippen molar-refractivity contribution in [3.8, 4) is 0 Å². The maximum atomic E-state index is 5.79. The van der Waals surface area contributed by atoms with Gasteiger partial charge in [-0.1, -0.05) is 18.2 Å². The monoisotopic (exact) mass is 256 g/mol. The van der Waals surface area contributed by atoms with E-state index in [1.165, 1.54) is 0 Å². The molecule has 0 aromatic carbocycles. The number of hydrogen-bond donors (Lipinski definition) is 1. The van der Waals surface area contributed by atoms with E-state index in [0.717, 1.165) is 10.2 Å². The Morgan fingerprint density at radius 1 is 1.43 bits per heavy atom. The van der Waals surface area contributed by atoms with Gasteiger partial charge in [0.05, 0.1) is 6.04 Å². The van der Waals surface area contributed by atoms with E-state index >= 15 is 0 Å². The zero-order valence-corrected chi connectivity index (χ0v) is 10.5. The van der Waals surface area contributed by atoms with Crippen molar-refractivity contribution in [3.05, 3.63) is 34.5 Å². The van der Waals surface area contributed by atoms with Crippen molar-refractivity contribution in [3.63, 3.8) is 0 Å². The van der Waals surface area contributed by atoms with Crippen molar-refractivity contribution in [2.24, 2.45) is 10.7 Å². The molecule has 0 spiro atoms.